The van der Waals surface area contributed by atoms with E-state index < -0.39 is 0 Å². The van der Waals surface area contributed by atoms with Crippen molar-refractivity contribution < 1.29 is 4.74 Å². The standard InChI is InChI=1S/C14H21ClN4O/c1-9-13(15)17-10(2)18-14(9)16-6-12-7-19-5-3-4-11(19)8-20-12/h11-12H,3-8H2,1-2H3,(H,16,17,18). The van der Waals surface area contributed by atoms with Crippen molar-refractivity contribution in [2.45, 2.75) is 38.8 Å². The van der Waals surface area contributed by atoms with Crippen molar-refractivity contribution in [3.8, 4) is 0 Å². The van der Waals surface area contributed by atoms with Crippen LogP contribution >= 0.6 is 11.6 Å². The molecule has 1 aromatic rings. The minimum atomic E-state index is 0.220. The number of ether oxygens (including phenoxy) is 1. The first-order chi connectivity index (χ1) is 9.63. The first-order valence-electron chi connectivity index (χ1n) is 7.23. The molecule has 1 N–H and O–H groups in total. The maximum absolute atomic E-state index is 6.08. The van der Waals surface area contributed by atoms with Crippen molar-refractivity contribution in [3.05, 3.63) is 16.5 Å². The molecule has 0 amide bonds. The lowest BCUT2D eigenvalue weighted by molar-refractivity contribution is -0.0416. The maximum atomic E-state index is 6.08. The lowest BCUT2D eigenvalue weighted by Crippen LogP contribution is -2.48. The van der Waals surface area contributed by atoms with E-state index in [4.69, 9.17) is 16.3 Å². The molecule has 2 unspecified atom stereocenters. The fourth-order valence-corrected chi connectivity index (χ4v) is 3.20. The van der Waals surface area contributed by atoms with Gasteiger partial charge in [0.2, 0.25) is 0 Å². The van der Waals surface area contributed by atoms with Crippen molar-refractivity contribution in [1.29, 1.82) is 0 Å². The van der Waals surface area contributed by atoms with Gasteiger partial charge in [0.1, 0.15) is 16.8 Å². The van der Waals surface area contributed by atoms with Crippen LogP contribution in [0.4, 0.5) is 5.82 Å². The van der Waals surface area contributed by atoms with Gasteiger partial charge in [-0.15, -0.1) is 0 Å². The summed E-state index contributed by atoms with van der Waals surface area (Å²) >= 11 is 6.08. The van der Waals surface area contributed by atoms with Crippen molar-refractivity contribution in [3.63, 3.8) is 0 Å². The molecule has 20 heavy (non-hydrogen) atoms. The van der Waals surface area contributed by atoms with Crippen molar-refractivity contribution >= 4 is 17.4 Å². The Labute approximate surface area is 124 Å². The van der Waals surface area contributed by atoms with E-state index in [0.717, 1.165) is 31.1 Å². The zero-order valence-corrected chi connectivity index (χ0v) is 12.8. The molecule has 2 saturated heterocycles. The molecule has 2 fully saturated rings. The summed E-state index contributed by atoms with van der Waals surface area (Å²) < 4.78 is 5.93. The molecule has 6 heteroatoms. The highest BCUT2D eigenvalue weighted by Crippen LogP contribution is 2.23. The van der Waals surface area contributed by atoms with Crippen LogP contribution in [0.5, 0.6) is 0 Å². The van der Waals surface area contributed by atoms with Crippen LogP contribution in [0, 0.1) is 13.8 Å². The molecule has 0 aliphatic carbocycles. The van der Waals surface area contributed by atoms with Gasteiger partial charge in [0, 0.05) is 24.7 Å². The summed E-state index contributed by atoms with van der Waals surface area (Å²) in [6, 6.07) is 0.642. The molecular formula is C14H21ClN4O. The molecule has 0 aromatic carbocycles. The Kier molecular flexibility index (Phi) is 4.10. The molecule has 0 saturated carbocycles. The molecule has 3 heterocycles. The van der Waals surface area contributed by atoms with Crippen LogP contribution in [0.3, 0.4) is 0 Å². The van der Waals surface area contributed by atoms with Gasteiger partial charge in [-0.05, 0) is 33.2 Å². The van der Waals surface area contributed by atoms with E-state index in [1.807, 2.05) is 13.8 Å². The van der Waals surface area contributed by atoms with Crippen LogP contribution in [0.2, 0.25) is 5.15 Å². The number of hydrogen-bond donors (Lipinski definition) is 1. The quantitative estimate of drug-likeness (QED) is 0.865. The zero-order chi connectivity index (χ0) is 14.1. The van der Waals surface area contributed by atoms with Gasteiger partial charge in [-0.2, -0.15) is 0 Å². The number of hydrogen-bond acceptors (Lipinski definition) is 5. The van der Waals surface area contributed by atoms with Gasteiger partial charge in [-0.25, -0.2) is 9.97 Å². The molecule has 110 valence electrons. The molecule has 0 bridgehead atoms. The summed E-state index contributed by atoms with van der Waals surface area (Å²) in [6.45, 7) is 7.62. The van der Waals surface area contributed by atoms with Crippen molar-refractivity contribution in [2.75, 3.05) is 31.6 Å². The molecule has 2 aliphatic heterocycles. The second-order valence-electron chi connectivity index (χ2n) is 5.66. The van der Waals surface area contributed by atoms with E-state index in [1.54, 1.807) is 0 Å². The summed E-state index contributed by atoms with van der Waals surface area (Å²) in [4.78, 5) is 11.1. The van der Waals surface area contributed by atoms with Crippen LogP contribution < -0.4 is 5.32 Å². The van der Waals surface area contributed by atoms with Crippen LogP contribution in [0.25, 0.3) is 0 Å². The van der Waals surface area contributed by atoms with E-state index in [-0.39, 0.29) is 6.10 Å². The Morgan fingerprint density at radius 1 is 1.40 bits per heavy atom. The van der Waals surface area contributed by atoms with Gasteiger partial charge in [0.25, 0.3) is 0 Å². The minimum absolute atomic E-state index is 0.220. The average Bonchev–Trinajstić information content (AvgIpc) is 2.88. The number of aryl methyl sites for hydroxylation is 1. The lowest BCUT2D eigenvalue weighted by Gasteiger charge is -2.35. The number of morpholine rings is 1. The highest BCUT2D eigenvalue weighted by molar-refractivity contribution is 6.30. The molecule has 2 atom stereocenters. The smallest absolute Gasteiger partial charge is 0.137 e. The molecular weight excluding hydrogens is 276 g/mol. The van der Waals surface area contributed by atoms with Crippen LogP contribution in [0.1, 0.15) is 24.2 Å². The topological polar surface area (TPSA) is 50.3 Å². The van der Waals surface area contributed by atoms with Crippen LogP contribution in [-0.4, -0.2) is 53.3 Å². The van der Waals surface area contributed by atoms with Gasteiger partial charge in [0.05, 0.1) is 12.7 Å². The van der Waals surface area contributed by atoms with Gasteiger partial charge in [0.15, 0.2) is 0 Å². The second kappa shape index (κ2) is 5.84. The monoisotopic (exact) mass is 296 g/mol. The van der Waals surface area contributed by atoms with Gasteiger partial charge >= 0.3 is 0 Å². The zero-order valence-electron chi connectivity index (χ0n) is 12.0. The molecule has 0 spiro atoms. The summed E-state index contributed by atoms with van der Waals surface area (Å²) in [6.07, 6.45) is 2.80. The maximum Gasteiger partial charge on any atom is 0.137 e. The SMILES string of the molecule is Cc1nc(Cl)c(C)c(NCC2CN3CCCC3CO2)n1. The fraction of sp³-hybridized carbons (Fsp3) is 0.714. The Balaban J connectivity index is 1.60. The van der Waals surface area contributed by atoms with E-state index in [2.05, 4.69) is 20.2 Å². The average molecular weight is 297 g/mol. The van der Waals surface area contributed by atoms with E-state index in [0.29, 0.717) is 17.0 Å². The largest absolute Gasteiger partial charge is 0.373 e. The number of halogens is 1. The Hall–Kier alpha value is -0.910. The van der Waals surface area contributed by atoms with E-state index in [1.165, 1.54) is 19.4 Å². The summed E-state index contributed by atoms with van der Waals surface area (Å²) in [7, 11) is 0. The highest BCUT2D eigenvalue weighted by Gasteiger charge is 2.32. The first kappa shape index (κ1) is 14.0. The predicted octanol–water partition coefficient (Wildman–Crippen LogP) is 2.02. The van der Waals surface area contributed by atoms with Gasteiger partial charge in [-0.3, -0.25) is 4.90 Å². The number of anilines is 1. The first-order valence-corrected chi connectivity index (χ1v) is 7.61. The number of aromatic nitrogens is 2. The molecule has 0 radical (unpaired) electrons. The number of nitrogens with zero attached hydrogens (tertiary/aromatic N) is 3. The minimum Gasteiger partial charge on any atom is -0.373 e. The Morgan fingerprint density at radius 3 is 3.10 bits per heavy atom. The Morgan fingerprint density at radius 2 is 2.25 bits per heavy atom. The van der Waals surface area contributed by atoms with Crippen molar-refractivity contribution in [1.82, 2.24) is 14.9 Å². The normalized spacial score (nSPS) is 26.6. The predicted molar refractivity (Wildman–Crippen MR) is 79.3 cm³/mol. The molecule has 3 rings (SSSR count). The number of fused-ring (bicyclic) bond motifs is 1. The lowest BCUT2D eigenvalue weighted by atomic mass is 10.2. The fourth-order valence-electron chi connectivity index (χ4n) is 2.99. The van der Waals surface area contributed by atoms with E-state index in [9.17, 15) is 0 Å². The Bertz CT molecular complexity index is 496. The molecule has 1 aromatic heterocycles. The highest BCUT2D eigenvalue weighted by atomic mass is 35.5. The van der Waals surface area contributed by atoms with Crippen molar-refractivity contribution in [2.24, 2.45) is 0 Å². The van der Waals surface area contributed by atoms with Crippen LogP contribution in [0.15, 0.2) is 0 Å². The third-order valence-corrected chi connectivity index (χ3v) is 4.52. The molecule has 5 nitrogen and oxygen atoms in total. The second-order valence-corrected chi connectivity index (χ2v) is 6.02. The number of nitrogens with one attached hydrogen (secondary N) is 1. The summed E-state index contributed by atoms with van der Waals surface area (Å²) in [5.74, 6) is 1.50. The summed E-state index contributed by atoms with van der Waals surface area (Å²) in [5.41, 5.74) is 0.895. The van der Waals surface area contributed by atoms with E-state index >= 15 is 0 Å². The van der Waals surface area contributed by atoms with Gasteiger partial charge in [-0.1, -0.05) is 11.6 Å². The third-order valence-electron chi connectivity index (χ3n) is 4.16. The van der Waals surface area contributed by atoms with Crippen LogP contribution in [-0.2, 0) is 4.74 Å². The van der Waals surface area contributed by atoms with Gasteiger partial charge < -0.3 is 10.1 Å². The molecule has 2 aliphatic rings. The number of rotatable bonds is 3. The summed E-state index contributed by atoms with van der Waals surface area (Å²) in [5, 5.41) is 3.87. The third kappa shape index (κ3) is 2.90.